The van der Waals surface area contributed by atoms with Gasteiger partial charge in [-0.3, -0.25) is 4.79 Å². The van der Waals surface area contributed by atoms with Gasteiger partial charge in [0.05, 0.1) is 0 Å². The molecule has 82 valence electrons. The standard InChI is InChI=1S/C13H11ClO2/c1-9-8-16-12(13(14)15)7-11(9)10-5-3-2-4-6-10/h2-7H,8H2,1H3. The Kier molecular flexibility index (Phi) is 3.11. The molecule has 3 heteroatoms. The molecule has 0 aliphatic carbocycles. The first-order valence-corrected chi connectivity index (χ1v) is 5.36. The Morgan fingerprint density at radius 2 is 2.00 bits per heavy atom. The molecule has 0 amide bonds. The molecule has 0 radical (unpaired) electrons. The molecule has 0 unspecified atom stereocenters. The fourth-order valence-electron chi connectivity index (χ4n) is 1.62. The molecule has 1 aliphatic rings. The van der Waals surface area contributed by atoms with Crippen molar-refractivity contribution in [3.05, 3.63) is 53.3 Å². The summed E-state index contributed by atoms with van der Waals surface area (Å²) in [5.41, 5.74) is 3.17. The SMILES string of the molecule is CC1=C(c2ccccc2)C=C(C(=O)Cl)OC1. The normalized spacial score (nSPS) is 15.5. The fourth-order valence-corrected chi connectivity index (χ4v) is 1.73. The highest BCUT2D eigenvalue weighted by atomic mass is 35.5. The molecular formula is C13H11ClO2. The molecule has 0 spiro atoms. The van der Waals surface area contributed by atoms with Gasteiger partial charge in [-0.15, -0.1) is 0 Å². The number of carbonyl (C=O) groups excluding carboxylic acids is 1. The molecule has 0 saturated heterocycles. The van der Waals surface area contributed by atoms with Gasteiger partial charge >= 0.3 is 0 Å². The van der Waals surface area contributed by atoms with E-state index in [1.807, 2.05) is 37.3 Å². The van der Waals surface area contributed by atoms with Crippen molar-refractivity contribution in [2.75, 3.05) is 6.61 Å². The average Bonchev–Trinajstić information content (AvgIpc) is 2.30. The topological polar surface area (TPSA) is 26.3 Å². The minimum Gasteiger partial charge on any atom is -0.484 e. The summed E-state index contributed by atoms with van der Waals surface area (Å²) in [7, 11) is 0. The second kappa shape index (κ2) is 4.54. The van der Waals surface area contributed by atoms with E-state index in [9.17, 15) is 4.79 Å². The van der Waals surface area contributed by atoms with Crippen LogP contribution in [0, 0.1) is 0 Å². The molecule has 0 fully saturated rings. The van der Waals surface area contributed by atoms with E-state index in [1.54, 1.807) is 6.08 Å². The van der Waals surface area contributed by atoms with Crippen LogP contribution in [-0.4, -0.2) is 11.8 Å². The molecule has 1 heterocycles. The Morgan fingerprint density at radius 3 is 2.62 bits per heavy atom. The van der Waals surface area contributed by atoms with E-state index in [1.165, 1.54) is 0 Å². The van der Waals surface area contributed by atoms with Crippen LogP contribution >= 0.6 is 11.6 Å². The van der Waals surface area contributed by atoms with E-state index in [0.717, 1.165) is 16.7 Å². The highest BCUT2D eigenvalue weighted by molar-refractivity contribution is 6.67. The largest absolute Gasteiger partial charge is 0.484 e. The van der Waals surface area contributed by atoms with Crippen molar-refractivity contribution in [1.82, 2.24) is 0 Å². The number of allylic oxidation sites excluding steroid dienone is 3. The van der Waals surface area contributed by atoms with Crippen LogP contribution in [0.3, 0.4) is 0 Å². The lowest BCUT2D eigenvalue weighted by atomic mass is 9.99. The van der Waals surface area contributed by atoms with Crippen LogP contribution in [0.15, 0.2) is 47.7 Å². The Balaban J connectivity index is 2.43. The number of hydrogen-bond acceptors (Lipinski definition) is 2. The van der Waals surface area contributed by atoms with E-state index in [2.05, 4.69) is 0 Å². The highest BCUT2D eigenvalue weighted by Gasteiger charge is 2.16. The minimum atomic E-state index is -0.555. The number of carbonyl (C=O) groups is 1. The molecule has 1 aliphatic heterocycles. The van der Waals surface area contributed by atoms with Gasteiger partial charge < -0.3 is 4.74 Å². The average molecular weight is 235 g/mol. The number of rotatable bonds is 2. The first kappa shape index (κ1) is 11.0. The summed E-state index contributed by atoms with van der Waals surface area (Å²) >= 11 is 5.40. The van der Waals surface area contributed by atoms with Gasteiger partial charge in [0.15, 0.2) is 5.76 Å². The molecule has 0 bridgehead atoms. The summed E-state index contributed by atoms with van der Waals surface area (Å²) in [4.78, 5) is 11.0. The molecule has 2 rings (SSSR count). The second-order valence-corrected chi connectivity index (χ2v) is 3.97. The molecule has 1 aromatic carbocycles. The maximum Gasteiger partial charge on any atom is 0.287 e. The minimum absolute atomic E-state index is 0.214. The molecule has 0 atom stereocenters. The van der Waals surface area contributed by atoms with Crippen molar-refractivity contribution < 1.29 is 9.53 Å². The van der Waals surface area contributed by atoms with Crippen molar-refractivity contribution in [3.63, 3.8) is 0 Å². The number of benzene rings is 1. The first-order chi connectivity index (χ1) is 7.68. The van der Waals surface area contributed by atoms with E-state index < -0.39 is 5.24 Å². The third-order valence-corrected chi connectivity index (χ3v) is 2.64. The maximum atomic E-state index is 11.0. The summed E-state index contributed by atoms with van der Waals surface area (Å²) in [6.07, 6.45) is 1.70. The van der Waals surface area contributed by atoms with Crippen molar-refractivity contribution in [2.24, 2.45) is 0 Å². The van der Waals surface area contributed by atoms with Crippen molar-refractivity contribution in [3.8, 4) is 0 Å². The zero-order valence-electron chi connectivity index (χ0n) is 8.87. The summed E-state index contributed by atoms with van der Waals surface area (Å²) < 4.78 is 5.23. The Morgan fingerprint density at radius 1 is 1.31 bits per heavy atom. The van der Waals surface area contributed by atoms with Crippen molar-refractivity contribution >= 4 is 22.4 Å². The summed E-state index contributed by atoms with van der Waals surface area (Å²) in [6.45, 7) is 2.39. The third-order valence-electron chi connectivity index (χ3n) is 2.46. The van der Waals surface area contributed by atoms with Crippen LogP contribution in [0.4, 0.5) is 0 Å². The Labute approximate surface area is 99.2 Å². The summed E-state index contributed by atoms with van der Waals surface area (Å²) in [6, 6.07) is 9.87. The Bertz CT molecular complexity index is 472. The van der Waals surface area contributed by atoms with Crippen LogP contribution < -0.4 is 0 Å². The second-order valence-electron chi connectivity index (χ2n) is 3.63. The van der Waals surface area contributed by atoms with Crippen LogP contribution in [-0.2, 0) is 9.53 Å². The molecule has 2 nitrogen and oxygen atoms in total. The van der Waals surface area contributed by atoms with Gasteiger partial charge in [-0.05, 0) is 41.3 Å². The molecule has 16 heavy (non-hydrogen) atoms. The molecule has 0 N–H and O–H groups in total. The van der Waals surface area contributed by atoms with Crippen LogP contribution in [0.1, 0.15) is 12.5 Å². The van der Waals surface area contributed by atoms with Crippen LogP contribution in [0.2, 0.25) is 0 Å². The van der Waals surface area contributed by atoms with Gasteiger partial charge in [0.1, 0.15) is 6.61 Å². The summed E-state index contributed by atoms with van der Waals surface area (Å²) in [5.74, 6) is 0.214. The fraction of sp³-hybridized carbons (Fsp3) is 0.154. The first-order valence-electron chi connectivity index (χ1n) is 4.98. The monoisotopic (exact) mass is 234 g/mol. The van der Waals surface area contributed by atoms with Crippen molar-refractivity contribution in [1.29, 1.82) is 0 Å². The molecular weight excluding hydrogens is 224 g/mol. The van der Waals surface area contributed by atoms with Crippen molar-refractivity contribution in [2.45, 2.75) is 6.92 Å². The zero-order chi connectivity index (χ0) is 11.5. The van der Waals surface area contributed by atoms with Crippen LogP contribution in [0.25, 0.3) is 5.57 Å². The molecule has 0 saturated carbocycles. The summed E-state index contributed by atoms with van der Waals surface area (Å²) in [5, 5.41) is -0.555. The lowest BCUT2D eigenvalue weighted by Crippen LogP contribution is -2.09. The van der Waals surface area contributed by atoms with Gasteiger partial charge in [0.2, 0.25) is 0 Å². The van der Waals surface area contributed by atoms with E-state index >= 15 is 0 Å². The highest BCUT2D eigenvalue weighted by Crippen LogP contribution is 2.26. The van der Waals surface area contributed by atoms with E-state index in [4.69, 9.17) is 16.3 Å². The van der Waals surface area contributed by atoms with Gasteiger partial charge in [-0.1, -0.05) is 30.3 Å². The lowest BCUT2D eigenvalue weighted by Gasteiger charge is -2.17. The van der Waals surface area contributed by atoms with Gasteiger partial charge in [-0.25, -0.2) is 0 Å². The third kappa shape index (κ3) is 2.17. The molecule has 1 aromatic rings. The lowest BCUT2D eigenvalue weighted by molar-refractivity contribution is -0.111. The van der Waals surface area contributed by atoms with E-state index in [-0.39, 0.29) is 5.76 Å². The molecule has 0 aromatic heterocycles. The Hall–Kier alpha value is -1.54. The smallest absolute Gasteiger partial charge is 0.287 e. The zero-order valence-corrected chi connectivity index (χ0v) is 9.62. The quantitative estimate of drug-likeness (QED) is 0.735. The number of hydrogen-bond donors (Lipinski definition) is 0. The number of ether oxygens (including phenoxy) is 1. The maximum absolute atomic E-state index is 11.0. The van der Waals surface area contributed by atoms with Gasteiger partial charge in [-0.2, -0.15) is 0 Å². The predicted octanol–water partition coefficient (Wildman–Crippen LogP) is 3.14. The number of halogens is 1. The van der Waals surface area contributed by atoms with E-state index in [0.29, 0.717) is 6.61 Å². The van der Waals surface area contributed by atoms with Gasteiger partial charge in [0, 0.05) is 0 Å². The predicted molar refractivity (Wildman–Crippen MR) is 63.9 cm³/mol. The van der Waals surface area contributed by atoms with Crippen LogP contribution in [0.5, 0.6) is 0 Å². The van der Waals surface area contributed by atoms with Gasteiger partial charge in [0.25, 0.3) is 5.24 Å².